The summed E-state index contributed by atoms with van der Waals surface area (Å²) in [6.07, 6.45) is -0.0157. The van der Waals surface area contributed by atoms with E-state index in [0.29, 0.717) is 22.4 Å². The highest BCUT2D eigenvalue weighted by Gasteiger charge is 2.29. The van der Waals surface area contributed by atoms with Crippen LogP contribution in [0.15, 0.2) is 60.2 Å². The van der Waals surface area contributed by atoms with Crippen molar-refractivity contribution >= 4 is 23.2 Å². The highest BCUT2D eigenvalue weighted by atomic mass is 16.3. The van der Waals surface area contributed by atoms with Gasteiger partial charge in [-0.25, -0.2) is 0 Å². The van der Waals surface area contributed by atoms with Crippen LogP contribution in [-0.2, 0) is 4.79 Å². The number of allylic oxidation sites excluding steroid dienone is 1. The van der Waals surface area contributed by atoms with Crippen LogP contribution in [0.2, 0.25) is 0 Å². The number of rotatable bonds is 3. The largest absolute Gasteiger partial charge is 0.384 e. The SMILES string of the molecule is CC(=O)Nc1ccc([C@@H](O)C2=CC(=O)c3ccccc3C2=O)cc1. The summed E-state index contributed by atoms with van der Waals surface area (Å²) in [7, 11) is 0. The number of amides is 1. The minimum atomic E-state index is -1.21. The molecule has 120 valence electrons. The average molecular weight is 321 g/mol. The van der Waals surface area contributed by atoms with Gasteiger partial charge in [0, 0.05) is 29.3 Å². The molecule has 0 unspecified atom stereocenters. The molecule has 5 heteroatoms. The molecule has 0 aliphatic heterocycles. The third kappa shape index (κ3) is 2.89. The molecule has 0 saturated heterocycles. The first-order chi connectivity index (χ1) is 11.5. The third-order valence-electron chi connectivity index (χ3n) is 3.83. The molecule has 0 heterocycles. The molecule has 0 bridgehead atoms. The van der Waals surface area contributed by atoms with E-state index in [-0.39, 0.29) is 23.0 Å². The van der Waals surface area contributed by atoms with Crippen molar-refractivity contribution in [3.05, 3.63) is 76.9 Å². The van der Waals surface area contributed by atoms with Crippen LogP contribution in [0.1, 0.15) is 39.3 Å². The fourth-order valence-corrected chi connectivity index (χ4v) is 2.67. The van der Waals surface area contributed by atoms with Crippen LogP contribution in [-0.4, -0.2) is 22.6 Å². The summed E-state index contributed by atoms with van der Waals surface area (Å²) < 4.78 is 0. The topological polar surface area (TPSA) is 83.5 Å². The normalized spacial score (nSPS) is 14.7. The van der Waals surface area contributed by atoms with Crippen molar-refractivity contribution < 1.29 is 19.5 Å². The second kappa shape index (κ2) is 6.22. The summed E-state index contributed by atoms with van der Waals surface area (Å²) in [6.45, 7) is 1.40. The number of carbonyl (C=O) groups is 3. The molecule has 24 heavy (non-hydrogen) atoms. The molecular formula is C19H15NO4. The molecule has 0 aromatic heterocycles. The Balaban J connectivity index is 1.90. The number of anilines is 1. The molecule has 1 amide bonds. The molecule has 0 radical (unpaired) electrons. The van der Waals surface area contributed by atoms with E-state index in [1.165, 1.54) is 13.0 Å². The fourth-order valence-electron chi connectivity index (χ4n) is 2.67. The van der Waals surface area contributed by atoms with Gasteiger partial charge < -0.3 is 10.4 Å². The summed E-state index contributed by atoms with van der Waals surface area (Å²) in [4.78, 5) is 35.7. The number of benzene rings is 2. The van der Waals surface area contributed by atoms with E-state index in [0.717, 1.165) is 0 Å². The Kier molecular flexibility index (Phi) is 4.10. The third-order valence-corrected chi connectivity index (χ3v) is 3.83. The van der Waals surface area contributed by atoms with Gasteiger partial charge in [-0.3, -0.25) is 14.4 Å². The zero-order valence-electron chi connectivity index (χ0n) is 12.9. The van der Waals surface area contributed by atoms with Crippen molar-refractivity contribution in [2.75, 3.05) is 5.32 Å². The molecule has 2 aromatic carbocycles. The molecule has 2 aromatic rings. The number of aliphatic hydroxyl groups excluding tert-OH is 1. The molecule has 0 spiro atoms. The first-order valence-corrected chi connectivity index (χ1v) is 7.42. The molecule has 2 N–H and O–H groups in total. The maximum atomic E-state index is 12.6. The van der Waals surface area contributed by atoms with Gasteiger partial charge in [0.2, 0.25) is 5.91 Å². The Morgan fingerprint density at radius 2 is 1.62 bits per heavy atom. The van der Waals surface area contributed by atoms with E-state index in [9.17, 15) is 19.5 Å². The van der Waals surface area contributed by atoms with Crippen molar-refractivity contribution in [3.63, 3.8) is 0 Å². The number of hydrogen-bond donors (Lipinski definition) is 2. The molecule has 5 nitrogen and oxygen atoms in total. The van der Waals surface area contributed by atoms with Gasteiger partial charge in [-0.2, -0.15) is 0 Å². The number of fused-ring (bicyclic) bond motifs is 1. The summed E-state index contributed by atoms with van der Waals surface area (Å²) in [5.41, 5.74) is 1.75. The lowest BCUT2D eigenvalue weighted by molar-refractivity contribution is -0.114. The van der Waals surface area contributed by atoms with Crippen molar-refractivity contribution in [2.45, 2.75) is 13.0 Å². The van der Waals surface area contributed by atoms with Gasteiger partial charge in [-0.15, -0.1) is 0 Å². The minimum Gasteiger partial charge on any atom is -0.384 e. The number of ketones is 2. The number of aliphatic hydroxyl groups is 1. The monoisotopic (exact) mass is 321 g/mol. The number of Topliss-reactive ketones (excluding diaryl/α,β-unsaturated/α-hetero) is 1. The Morgan fingerprint density at radius 3 is 2.25 bits per heavy atom. The summed E-state index contributed by atoms with van der Waals surface area (Å²) in [5, 5.41) is 13.1. The summed E-state index contributed by atoms with van der Waals surface area (Å²) >= 11 is 0. The maximum absolute atomic E-state index is 12.6. The van der Waals surface area contributed by atoms with Crippen LogP contribution in [0.4, 0.5) is 5.69 Å². The Morgan fingerprint density at radius 1 is 1.00 bits per heavy atom. The van der Waals surface area contributed by atoms with E-state index in [2.05, 4.69) is 5.32 Å². The zero-order chi connectivity index (χ0) is 17.3. The summed E-state index contributed by atoms with van der Waals surface area (Å²) in [6, 6.07) is 13.0. The second-order valence-electron chi connectivity index (χ2n) is 5.54. The van der Waals surface area contributed by atoms with E-state index in [1.807, 2.05) is 0 Å². The predicted octanol–water partition coefficient (Wildman–Crippen LogP) is 2.68. The fraction of sp³-hybridized carbons (Fsp3) is 0.105. The first kappa shape index (κ1) is 15.8. The Hall–Kier alpha value is -3.05. The molecule has 3 rings (SSSR count). The van der Waals surface area contributed by atoms with Gasteiger partial charge in [-0.1, -0.05) is 36.4 Å². The van der Waals surface area contributed by atoms with Gasteiger partial charge in [0.1, 0.15) is 6.10 Å². The quantitative estimate of drug-likeness (QED) is 0.910. The smallest absolute Gasteiger partial charge is 0.221 e. The van der Waals surface area contributed by atoms with Crippen LogP contribution in [0.5, 0.6) is 0 Å². The number of nitrogens with one attached hydrogen (secondary N) is 1. The van der Waals surface area contributed by atoms with Gasteiger partial charge >= 0.3 is 0 Å². The van der Waals surface area contributed by atoms with Gasteiger partial charge in [0.25, 0.3) is 0 Å². The van der Waals surface area contributed by atoms with E-state index >= 15 is 0 Å². The van der Waals surface area contributed by atoms with Crippen LogP contribution in [0, 0.1) is 0 Å². The lowest BCUT2D eigenvalue weighted by Crippen LogP contribution is -2.21. The Bertz CT molecular complexity index is 865. The van der Waals surface area contributed by atoms with Crippen LogP contribution >= 0.6 is 0 Å². The van der Waals surface area contributed by atoms with Gasteiger partial charge in [0.15, 0.2) is 11.6 Å². The van der Waals surface area contributed by atoms with Crippen molar-refractivity contribution in [1.29, 1.82) is 0 Å². The first-order valence-electron chi connectivity index (χ1n) is 7.42. The minimum absolute atomic E-state index is 0.0472. The highest BCUT2D eigenvalue weighted by molar-refractivity contribution is 6.24. The molecule has 0 fully saturated rings. The van der Waals surface area contributed by atoms with Crippen molar-refractivity contribution in [3.8, 4) is 0 Å². The van der Waals surface area contributed by atoms with E-state index in [1.54, 1.807) is 48.5 Å². The lowest BCUT2D eigenvalue weighted by Gasteiger charge is -2.19. The standard InChI is InChI=1S/C19H15NO4/c1-11(21)20-13-8-6-12(7-9-13)18(23)16-10-17(22)14-4-2-3-5-15(14)19(16)24/h2-10,18,23H,1H3,(H,20,21)/t18-/m1/s1. The van der Waals surface area contributed by atoms with E-state index in [4.69, 9.17) is 0 Å². The van der Waals surface area contributed by atoms with E-state index < -0.39 is 6.10 Å². The Labute approximate surface area is 138 Å². The van der Waals surface area contributed by atoms with Crippen molar-refractivity contribution in [1.82, 2.24) is 0 Å². The molecule has 1 aliphatic rings. The predicted molar refractivity (Wildman–Crippen MR) is 88.9 cm³/mol. The maximum Gasteiger partial charge on any atom is 0.221 e. The van der Waals surface area contributed by atoms with Crippen LogP contribution in [0.3, 0.4) is 0 Å². The van der Waals surface area contributed by atoms with Crippen LogP contribution < -0.4 is 5.32 Å². The van der Waals surface area contributed by atoms with Crippen molar-refractivity contribution in [2.24, 2.45) is 0 Å². The second-order valence-corrected chi connectivity index (χ2v) is 5.54. The molecule has 0 saturated carbocycles. The van der Waals surface area contributed by atoms with Gasteiger partial charge in [0.05, 0.1) is 0 Å². The zero-order valence-corrected chi connectivity index (χ0v) is 12.9. The molecule has 1 atom stereocenters. The lowest BCUT2D eigenvalue weighted by atomic mass is 9.85. The van der Waals surface area contributed by atoms with Crippen LogP contribution in [0.25, 0.3) is 0 Å². The average Bonchev–Trinajstić information content (AvgIpc) is 2.58. The highest BCUT2D eigenvalue weighted by Crippen LogP contribution is 2.30. The van der Waals surface area contributed by atoms with Gasteiger partial charge in [-0.05, 0) is 23.8 Å². The number of hydrogen-bond acceptors (Lipinski definition) is 4. The molecular weight excluding hydrogens is 306 g/mol. The number of carbonyl (C=O) groups excluding carboxylic acids is 3. The molecule has 1 aliphatic carbocycles. The summed E-state index contributed by atoms with van der Waals surface area (Å²) in [5.74, 6) is -0.853.